The van der Waals surface area contributed by atoms with E-state index < -0.39 is 6.29 Å². The van der Waals surface area contributed by atoms with Gasteiger partial charge in [0, 0.05) is 25.1 Å². The molecule has 0 unspecified atom stereocenters. The second-order valence-corrected chi connectivity index (χ2v) is 10.4. The molecule has 37 heavy (non-hydrogen) atoms. The lowest BCUT2D eigenvalue weighted by Gasteiger charge is -2.38. The van der Waals surface area contributed by atoms with Gasteiger partial charge in [-0.3, -0.25) is 0 Å². The summed E-state index contributed by atoms with van der Waals surface area (Å²) in [6.07, 6.45) is 7.00. The van der Waals surface area contributed by atoms with Crippen molar-refractivity contribution >= 4 is 0 Å². The molecule has 3 N–H and O–H groups in total. The Balaban J connectivity index is 1.36. The molecular formula is C32H40N2O3. The number of likely N-dealkylation sites (tertiary alicyclic amines) is 1. The summed E-state index contributed by atoms with van der Waals surface area (Å²) in [5.41, 5.74) is 12.5. The highest BCUT2D eigenvalue weighted by Gasteiger charge is 2.33. The highest BCUT2D eigenvalue weighted by atomic mass is 16.7. The molecule has 0 saturated carbocycles. The first kappa shape index (κ1) is 26.1. The van der Waals surface area contributed by atoms with Crippen molar-refractivity contribution in [3.8, 4) is 11.1 Å². The van der Waals surface area contributed by atoms with Crippen LogP contribution in [0.4, 0.5) is 0 Å². The summed E-state index contributed by atoms with van der Waals surface area (Å²) in [6.45, 7) is 3.80. The zero-order chi connectivity index (χ0) is 25.5. The molecule has 2 heterocycles. The summed E-state index contributed by atoms with van der Waals surface area (Å²) in [5.74, 6) is 0. The first-order chi connectivity index (χ1) is 18.2. The van der Waals surface area contributed by atoms with Gasteiger partial charge in [0.25, 0.3) is 0 Å². The number of benzene rings is 3. The highest BCUT2D eigenvalue weighted by molar-refractivity contribution is 5.67. The van der Waals surface area contributed by atoms with Gasteiger partial charge in [0.2, 0.25) is 0 Å². The topological polar surface area (TPSA) is 68.0 Å². The van der Waals surface area contributed by atoms with Crippen LogP contribution in [-0.2, 0) is 22.6 Å². The van der Waals surface area contributed by atoms with Crippen LogP contribution in [0.15, 0.2) is 72.8 Å². The van der Waals surface area contributed by atoms with E-state index >= 15 is 0 Å². The Labute approximate surface area is 221 Å². The molecule has 196 valence electrons. The molecule has 3 aromatic rings. The summed E-state index contributed by atoms with van der Waals surface area (Å²) in [7, 11) is 0. The summed E-state index contributed by atoms with van der Waals surface area (Å²) < 4.78 is 13.2. The van der Waals surface area contributed by atoms with E-state index in [1.807, 2.05) is 18.2 Å². The van der Waals surface area contributed by atoms with Crippen molar-refractivity contribution in [1.29, 1.82) is 0 Å². The minimum absolute atomic E-state index is 0.0504. The van der Waals surface area contributed by atoms with Crippen molar-refractivity contribution in [3.63, 3.8) is 0 Å². The molecule has 3 atom stereocenters. The Morgan fingerprint density at radius 3 is 2.16 bits per heavy atom. The van der Waals surface area contributed by atoms with E-state index in [0.29, 0.717) is 6.54 Å². The standard InChI is InChI=1S/C32H40N2O3/c33-21-28-8-4-5-9-30(28)25-14-16-27(17-15-25)32-36-29(22-34-18-6-2-1-3-7-19-34)20-31(37-32)26-12-10-24(23-35)11-13-26/h4-5,8-17,29,31-32,35H,1-3,6-7,18-23,33H2/t29-,31+,32+/m0/s1. The molecule has 5 rings (SSSR count). The van der Waals surface area contributed by atoms with E-state index in [4.69, 9.17) is 15.2 Å². The average Bonchev–Trinajstić information content (AvgIpc) is 2.94. The van der Waals surface area contributed by atoms with Gasteiger partial charge >= 0.3 is 0 Å². The number of rotatable bonds is 7. The van der Waals surface area contributed by atoms with Gasteiger partial charge in [-0.05, 0) is 53.7 Å². The van der Waals surface area contributed by atoms with Gasteiger partial charge in [-0.25, -0.2) is 0 Å². The Kier molecular flexibility index (Phi) is 9.03. The third kappa shape index (κ3) is 6.67. The maximum absolute atomic E-state index is 9.47. The van der Waals surface area contributed by atoms with E-state index in [1.54, 1.807) is 0 Å². The number of aliphatic hydroxyl groups is 1. The van der Waals surface area contributed by atoms with Crippen molar-refractivity contribution in [2.24, 2.45) is 5.73 Å². The monoisotopic (exact) mass is 500 g/mol. The molecule has 0 radical (unpaired) electrons. The average molecular weight is 501 g/mol. The van der Waals surface area contributed by atoms with E-state index in [9.17, 15) is 5.11 Å². The maximum atomic E-state index is 9.47. The normalized spacial score (nSPS) is 23.4. The highest BCUT2D eigenvalue weighted by Crippen LogP contribution is 2.39. The van der Waals surface area contributed by atoms with Crippen molar-refractivity contribution in [2.45, 2.75) is 70.2 Å². The smallest absolute Gasteiger partial charge is 0.184 e. The molecule has 2 saturated heterocycles. The van der Waals surface area contributed by atoms with E-state index in [2.05, 4.69) is 59.5 Å². The molecule has 2 aliphatic heterocycles. The quantitative estimate of drug-likeness (QED) is 0.409. The molecule has 0 spiro atoms. The molecule has 2 fully saturated rings. The summed E-state index contributed by atoms with van der Waals surface area (Å²) >= 11 is 0. The molecule has 5 heteroatoms. The van der Waals surface area contributed by atoms with Crippen LogP contribution in [0.2, 0.25) is 0 Å². The van der Waals surface area contributed by atoms with Crippen molar-refractivity contribution < 1.29 is 14.6 Å². The SMILES string of the molecule is NCc1ccccc1-c1ccc([C@@H]2O[C@H](CN3CCCCCCC3)C[C@H](c3ccc(CO)cc3)O2)cc1. The van der Waals surface area contributed by atoms with E-state index in [1.165, 1.54) is 37.7 Å². The Hall–Kier alpha value is -2.54. The minimum Gasteiger partial charge on any atom is -0.392 e. The van der Waals surface area contributed by atoms with Gasteiger partial charge in [-0.1, -0.05) is 92.1 Å². The number of hydrogen-bond acceptors (Lipinski definition) is 5. The predicted molar refractivity (Wildman–Crippen MR) is 148 cm³/mol. The predicted octanol–water partition coefficient (Wildman–Crippen LogP) is 6.12. The van der Waals surface area contributed by atoms with Crippen LogP contribution >= 0.6 is 0 Å². The van der Waals surface area contributed by atoms with E-state index in [0.717, 1.165) is 53.9 Å². The van der Waals surface area contributed by atoms with Crippen LogP contribution < -0.4 is 5.73 Å². The number of ether oxygens (including phenoxy) is 2. The fourth-order valence-corrected chi connectivity index (χ4v) is 5.62. The zero-order valence-electron chi connectivity index (χ0n) is 21.7. The van der Waals surface area contributed by atoms with Crippen molar-refractivity contribution in [2.75, 3.05) is 19.6 Å². The Morgan fingerprint density at radius 2 is 1.46 bits per heavy atom. The second kappa shape index (κ2) is 12.8. The third-order valence-electron chi connectivity index (χ3n) is 7.76. The molecular weight excluding hydrogens is 460 g/mol. The molecule has 0 bridgehead atoms. The summed E-state index contributed by atoms with van der Waals surface area (Å²) in [5, 5.41) is 9.47. The number of hydrogen-bond donors (Lipinski definition) is 2. The number of nitrogens with two attached hydrogens (primary N) is 1. The Morgan fingerprint density at radius 1 is 0.784 bits per heavy atom. The molecule has 0 amide bonds. The van der Waals surface area contributed by atoms with Crippen molar-refractivity contribution in [3.05, 3.63) is 95.1 Å². The van der Waals surface area contributed by atoms with Gasteiger partial charge in [0.05, 0.1) is 18.8 Å². The van der Waals surface area contributed by atoms with E-state index in [-0.39, 0.29) is 18.8 Å². The van der Waals surface area contributed by atoms with Crippen LogP contribution in [0.5, 0.6) is 0 Å². The van der Waals surface area contributed by atoms with Gasteiger partial charge < -0.3 is 25.2 Å². The number of aliphatic hydroxyl groups excluding tert-OH is 1. The zero-order valence-corrected chi connectivity index (χ0v) is 21.7. The number of nitrogens with zero attached hydrogens (tertiary/aromatic N) is 1. The second-order valence-electron chi connectivity index (χ2n) is 10.4. The van der Waals surface area contributed by atoms with Gasteiger partial charge in [-0.2, -0.15) is 0 Å². The first-order valence-electron chi connectivity index (χ1n) is 13.8. The lowest BCUT2D eigenvalue weighted by atomic mass is 9.97. The molecule has 3 aromatic carbocycles. The van der Waals surface area contributed by atoms with Crippen molar-refractivity contribution in [1.82, 2.24) is 4.90 Å². The van der Waals surface area contributed by atoms with Gasteiger partial charge in [0.1, 0.15) is 0 Å². The fraction of sp³-hybridized carbons (Fsp3) is 0.438. The first-order valence-corrected chi connectivity index (χ1v) is 13.8. The third-order valence-corrected chi connectivity index (χ3v) is 7.76. The van der Waals surface area contributed by atoms with Crippen LogP contribution in [0, 0.1) is 0 Å². The van der Waals surface area contributed by atoms with Crippen LogP contribution in [-0.4, -0.2) is 35.7 Å². The largest absolute Gasteiger partial charge is 0.392 e. The van der Waals surface area contributed by atoms with Gasteiger partial charge in [-0.15, -0.1) is 0 Å². The molecule has 0 aromatic heterocycles. The molecule has 2 aliphatic rings. The molecule has 5 nitrogen and oxygen atoms in total. The lowest BCUT2D eigenvalue weighted by Crippen LogP contribution is -2.40. The maximum Gasteiger partial charge on any atom is 0.184 e. The minimum atomic E-state index is -0.421. The fourth-order valence-electron chi connectivity index (χ4n) is 5.62. The van der Waals surface area contributed by atoms with Gasteiger partial charge in [0.15, 0.2) is 6.29 Å². The van der Waals surface area contributed by atoms with Crippen LogP contribution in [0.1, 0.15) is 73.2 Å². The lowest BCUT2D eigenvalue weighted by molar-refractivity contribution is -0.253. The summed E-state index contributed by atoms with van der Waals surface area (Å²) in [6, 6.07) is 25.0. The summed E-state index contributed by atoms with van der Waals surface area (Å²) in [4.78, 5) is 2.59. The van der Waals surface area contributed by atoms with Crippen LogP contribution in [0.3, 0.4) is 0 Å². The van der Waals surface area contributed by atoms with Crippen LogP contribution in [0.25, 0.3) is 11.1 Å². The Bertz CT molecular complexity index is 1110. The molecule has 0 aliphatic carbocycles.